The minimum Gasteiger partial charge on any atom is -0.464 e. The molecular weight excluding hydrogens is 194 g/mol. The summed E-state index contributed by atoms with van der Waals surface area (Å²) in [5.41, 5.74) is 0.117. The Morgan fingerprint density at radius 1 is 1.23 bits per heavy atom. The molecule has 0 aliphatic carbocycles. The lowest BCUT2D eigenvalue weighted by atomic mass is 10.3. The second-order valence-electron chi connectivity index (χ2n) is 2.17. The van der Waals surface area contributed by atoms with Crippen molar-refractivity contribution < 1.29 is 18.3 Å². The van der Waals surface area contributed by atoms with Gasteiger partial charge in [0.15, 0.2) is 0 Å². The molecule has 1 amide bonds. The Bertz CT molecular complexity index is 365. The van der Waals surface area contributed by atoms with Crippen molar-refractivity contribution in [1.82, 2.24) is 0 Å². The average molecular weight is 201 g/mol. The van der Waals surface area contributed by atoms with Gasteiger partial charge in [0.1, 0.15) is 0 Å². The molecular formula is C7H7NO4S. The van der Waals surface area contributed by atoms with Gasteiger partial charge in [-0.1, -0.05) is 18.2 Å². The summed E-state index contributed by atoms with van der Waals surface area (Å²) in [6.07, 6.45) is -1.51. The highest BCUT2D eigenvalue weighted by Gasteiger charge is 2.15. The fraction of sp³-hybridized carbons (Fsp3) is 0. The van der Waals surface area contributed by atoms with Crippen molar-refractivity contribution >= 4 is 22.7 Å². The number of carbonyl (C=O) groups is 1. The predicted molar refractivity (Wildman–Crippen MR) is 47.3 cm³/mol. The summed E-state index contributed by atoms with van der Waals surface area (Å²) in [5, 5.41) is 8.54. The van der Waals surface area contributed by atoms with Gasteiger partial charge < -0.3 is 5.11 Å². The van der Waals surface area contributed by atoms with E-state index in [9.17, 15) is 13.2 Å². The molecule has 0 spiro atoms. The number of rotatable bonds is 2. The van der Waals surface area contributed by atoms with Crippen molar-refractivity contribution in [2.45, 2.75) is 0 Å². The molecule has 1 aromatic rings. The van der Waals surface area contributed by atoms with Gasteiger partial charge in [-0.3, -0.25) is 0 Å². The zero-order valence-electron chi connectivity index (χ0n) is 6.45. The third-order valence-corrected chi connectivity index (χ3v) is 2.07. The lowest BCUT2D eigenvalue weighted by Gasteiger charge is -2.10. The van der Waals surface area contributed by atoms with Gasteiger partial charge in [0.2, 0.25) is 10.9 Å². The Morgan fingerprint density at radius 3 is 2.15 bits per heavy atom. The smallest absolute Gasteiger partial charge is 0.425 e. The molecule has 0 aromatic heterocycles. The summed E-state index contributed by atoms with van der Waals surface area (Å²) in [5.74, 6) is 0. The maximum absolute atomic E-state index is 10.5. The lowest BCUT2D eigenvalue weighted by molar-refractivity contribution is 0.206. The van der Waals surface area contributed by atoms with Crippen LogP contribution in [0.1, 0.15) is 0 Å². The van der Waals surface area contributed by atoms with Crippen LogP contribution in [0.4, 0.5) is 10.5 Å². The number of nitrogens with zero attached hydrogens (tertiary/aromatic N) is 1. The van der Waals surface area contributed by atoms with Gasteiger partial charge in [0.05, 0.1) is 5.69 Å². The number of carboxylic acid groups (broad SMARTS) is 1. The van der Waals surface area contributed by atoms with Crippen molar-refractivity contribution in [2.75, 3.05) is 4.31 Å². The SMILES string of the molecule is O=C(O)N(c1ccccc1)[SH](=O)=O. The van der Waals surface area contributed by atoms with Gasteiger partial charge in [-0.2, -0.15) is 4.31 Å². The van der Waals surface area contributed by atoms with Gasteiger partial charge >= 0.3 is 6.09 Å². The molecule has 0 radical (unpaired) electrons. The summed E-state index contributed by atoms with van der Waals surface area (Å²) < 4.78 is 21.3. The van der Waals surface area contributed by atoms with Crippen LogP contribution in [0, 0.1) is 0 Å². The molecule has 1 rings (SSSR count). The number of para-hydroxylation sites is 1. The first-order valence-corrected chi connectivity index (χ1v) is 4.48. The molecule has 1 N–H and O–H groups in total. The minimum atomic E-state index is -3.15. The molecule has 0 heterocycles. The second-order valence-corrected chi connectivity index (χ2v) is 3.04. The predicted octanol–water partition coefficient (Wildman–Crippen LogP) is 0.697. The van der Waals surface area contributed by atoms with E-state index in [1.807, 2.05) is 0 Å². The Balaban J connectivity index is 3.10. The Hall–Kier alpha value is -1.56. The highest BCUT2D eigenvalue weighted by Crippen LogP contribution is 2.12. The summed E-state index contributed by atoms with van der Waals surface area (Å²) in [6, 6.07) is 7.59. The normalized spacial score (nSPS) is 9.92. The van der Waals surface area contributed by atoms with Crippen LogP contribution in [0.25, 0.3) is 0 Å². The van der Waals surface area contributed by atoms with Crippen LogP contribution in [0.2, 0.25) is 0 Å². The third kappa shape index (κ3) is 2.19. The number of anilines is 1. The molecule has 13 heavy (non-hydrogen) atoms. The van der Waals surface area contributed by atoms with Gasteiger partial charge in [-0.05, 0) is 12.1 Å². The molecule has 0 saturated carbocycles. The summed E-state index contributed by atoms with van der Waals surface area (Å²) >= 11 is 0. The first-order chi connectivity index (χ1) is 6.13. The molecule has 0 aliphatic rings. The van der Waals surface area contributed by atoms with E-state index in [2.05, 4.69) is 0 Å². The summed E-state index contributed by atoms with van der Waals surface area (Å²) in [4.78, 5) is 10.5. The van der Waals surface area contributed by atoms with Crippen molar-refractivity contribution in [1.29, 1.82) is 0 Å². The Morgan fingerprint density at radius 2 is 1.77 bits per heavy atom. The van der Waals surface area contributed by atoms with Gasteiger partial charge in [-0.25, -0.2) is 13.2 Å². The van der Waals surface area contributed by atoms with Gasteiger partial charge in [-0.15, -0.1) is 0 Å². The number of amides is 1. The van der Waals surface area contributed by atoms with E-state index in [1.165, 1.54) is 12.1 Å². The van der Waals surface area contributed by atoms with Crippen LogP contribution in [-0.2, 0) is 10.9 Å². The van der Waals surface area contributed by atoms with Crippen molar-refractivity contribution in [2.24, 2.45) is 0 Å². The fourth-order valence-corrected chi connectivity index (χ4v) is 1.31. The molecule has 70 valence electrons. The number of hydrogen-bond acceptors (Lipinski definition) is 3. The van der Waals surface area contributed by atoms with Crippen LogP contribution < -0.4 is 4.31 Å². The average Bonchev–Trinajstić information content (AvgIpc) is 2.04. The van der Waals surface area contributed by atoms with Crippen molar-refractivity contribution in [3.05, 3.63) is 30.3 Å². The molecule has 1 aromatic carbocycles. The largest absolute Gasteiger partial charge is 0.464 e. The van der Waals surface area contributed by atoms with E-state index >= 15 is 0 Å². The molecule has 0 saturated heterocycles. The highest BCUT2D eigenvalue weighted by atomic mass is 32.2. The van der Waals surface area contributed by atoms with E-state index in [4.69, 9.17) is 5.11 Å². The number of hydrogen-bond donors (Lipinski definition) is 2. The third-order valence-electron chi connectivity index (χ3n) is 1.35. The van der Waals surface area contributed by atoms with Crippen LogP contribution in [0.5, 0.6) is 0 Å². The number of benzene rings is 1. The summed E-state index contributed by atoms with van der Waals surface area (Å²) in [7, 11) is -3.15. The summed E-state index contributed by atoms with van der Waals surface area (Å²) in [6.45, 7) is 0. The van der Waals surface area contributed by atoms with E-state index < -0.39 is 17.0 Å². The quantitative estimate of drug-likeness (QED) is 0.690. The molecule has 0 unspecified atom stereocenters. The fourth-order valence-electron chi connectivity index (χ4n) is 0.844. The molecule has 0 bridgehead atoms. The number of thiol groups is 1. The molecule has 0 fully saturated rings. The Kier molecular flexibility index (Phi) is 2.86. The molecule has 0 atom stereocenters. The van der Waals surface area contributed by atoms with Crippen LogP contribution >= 0.6 is 0 Å². The second kappa shape index (κ2) is 3.90. The minimum absolute atomic E-state index is 0.117. The monoisotopic (exact) mass is 201 g/mol. The van der Waals surface area contributed by atoms with Gasteiger partial charge in [0.25, 0.3) is 0 Å². The zero-order valence-corrected chi connectivity index (χ0v) is 7.35. The van der Waals surface area contributed by atoms with Crippen LogP contribution in [0.3, 0.4) is 0 Å². The van der Waals surface area contributed by atoms with E-state index in [0.717, 1.165) is 0 Å². The first-order valence-electron chi connectivity index (χ1n) is 3.35. The molecule has 5 nitrogen and oxygen atoms in total. The standard InChI is InChI=1S/C7H7NO4S/c9-7(10)8(13(11)12)6-4-2-1-3-5-6/h1-5,13H,(H,9,10). The van der Waals surface area contributed by atoms with Gasteiger partial charge in [0, 0.05) is 0 Å². The maximum Gasteiger partial charge on any atom is 0.425 e. The van der Waals surface area contributed by atoms with Crippen molar-refractivity contribution in [3.63, 3.8) is 0 Å². The van der Waals surface area contributed by atoms with E-state index in [0.29, 0.717) is 0 Å². The zero-order chi connectivity index (χ0) is 9.84. The highest BCUT2D eigenvalue weighted by molar-refractivity contribution is 7.75. The molecule has 0 aliphatic heterocycles. The van der Waals surface area contributed by atoms with Crippen LogP contribution in [0.15, 0.2) is 30.3 Å². The van der Waals surface area contributed by atoms with E-state index in [1.54, 1.807) is 18.2 Å². The maximum atomic E-state index is 10.5. The van der Waals surface area contributed by atoms with E-state index in [-0.39, 0.29) is 9.99 Å². The molecule has 6 heteroatoms. The van der Waals surface area contributed by atoms with Crippen LogP contribution in [-0.4, -0.2) is 19.6 Å². The first kappa shape index (κ1) is 9.53. The topological polar surface area (TPSA) is 74.7 Å². The Labute approximate surface area is 76.3 Å². The lowest BCUT2D eigenvalue weighted by Crippen LogP contribution is -2.27. The van der Waals surface area contributed by atoms with Crippen molar-refractivity contribution in [3.8, 4) is 0 Å².